The molecule has 0 aromatic heterocycles. The van der Waals surface area contributed by atoms with Crippen LogP contribution in [0.3, 0.4) is 0 Å². The maximum absolute atomic E-state index is 10.8. The maximum Gasteiger partial charge on any atom is 0.269 e. The molecule has 1 N–H and O–H groups in total. The molecule has 0 amide bonds. The number of nitro benzene ring substituents is 1. The molecule has 2 atom stereocenters. The molecule has 0 aliphatic rings. The lowest BCUT2D eigenvalue weighted by Crippen LogP contribution is -2.26. The smallest absolute Gasteiger partial charge is 0.269 e. The van der Waals surface area contributed by atoms with Gasteiger partial charge in [0.2, 0.25) is 0 Å². The van der Waals surface area contributed by atoms with Crippen molar-refractivity contribution in [2.45, 2.75) is 46.1 Å². The van der Waals surface area contributed by atoms with Crippen molar-refractivity contribution >= 4 is 5.69 Å². The number of nitrogens with one attached hydrogen (secondary N) is 1. The number of benzene rings is 1. The van der Waals surface area contributed by atoms with Crippen LogP contribution in [0.5, 0.6) is 0 Å². The van der Waals surface area contributed by atoms with E-state index >= 15 is 0 Å². The zero-order valence-corrected chi connectivity index (χ0v) is 12.1. The maximum atomic E-state index is 10.8. The molecule has 0 aliphatic heterocycles. The fraction of sp³-hybridized carbons (Fsp3) is 0.600. The molecule has 0 fully saturated rings. The molecule has 0 saturated carbocycles. The first kappa shape index (κ1) is 15.6. The number of non-ortho nitro benzene ring substituents is 1. The lowest BCUT2D eigenvalue weighted by Gasteiger charge is -2.20. The van der Waals surface area contributed by atoms with E-state index < -0.39 is 0 Å². The van der Waals surface area contributed by atoms with Crippen LogP contribution in [-0.4, -0.2) is 11.5 Å². The van der Waals surface area contributed by atoms with E-state index in [-0.39, 0.29) is 16.7 Å². The van der Waals surface area contributed by atoms with Crippen molar-refractivity contribution in [3.8, 4) is 0 Å². The molecule has 0 bridgehead atoms. The molecule has 0 aliphatic carbocycles. The van der Waals surface area contributed by atoms with Crippen molar-refractivity contribution in [2.75, 3.05) is 6.54 Å². The van der Waals surface area contributed by atoms with Gasteiger partial charge in [-0.25, -0.2) is 0 Å². The summed E-state index contributed by atoms with van der Waals surface area (Å²) in [6.07, 6.45) is 3.19. The molecule has 1 aromatic carbocycles. The summed E-state index contributed by atoms with van der Waals surface area (Å²) >= 11 is 0. The minimum Gasteiger partial charge on any atom is -0.310 e. The minimum absolute atomic E-state index is 0.170. The van der Waals surface area contributed by atoms with E-state index in [0.717, 1.165) is 31.4 Å². The van der Waals surface area contributed by atoms with E-state index in [1.165, 1.54) is 0 Å². The van der Waals surface area contributed by atoms with Crippen molar-refractivity contribution in [1.29, 1.82) is 0 Å². The number of nitro groups is 1. The Kier molecular flexibility index (Phi) is 6.50. The summed E-state index contributed by atoms with van der Waals surface area (Å²) in [5.41, 5.74) is 1.18. The molecule has 1 aromatic rings. The highest BCUT2D eigenvalue weighted by molar-refractivity contribution is 5.35. The average molecular weight is 264 g/mol. The van der Waals surface area contributed by atoms with Crippen molar-refractivity contribution in [2.24, 2.45) is 5.92 Å². The molecule has 2 unspecified atom stereocenters. The van der Waals surface area contributed by atoms with E-state index in [1.807, 2.05) is 6.07 Å². The van der Waals surface area contributed by atoms with E-state index in [9.17, 15) is 10.1 Å². The molecule has 0 spiro atoms. The normalized spacial score (nSPS) is 14.1. The minimum atomic E-state index is -0.332. The van der Waals surface area contributed by atoms with Crippen molar-refractivity contribution in [3.63, 3.8) is 0 Å². The number of hydrogen-bond acceptors (Lipinski definition) is 3. The van der Waals surface area contributed by atoms with Crippen molar-refractivity contribution < 1.29 is 4.92 Å². The second-order valence-corrected chi connectivity index (χ2v) is 5.12. The van der Waals surface area contributed by atoms with Crippen LogP contribution in [0.2, 0.25) is 0 Å². The lowest BCUT2D eigenvalue weighted by molar-refractivity contribution is -0.384. The van der Waals surface area contributed by atoms with Gasteiger partial charge < -0.3 is 5.32 Å². The lowest BCUT2D eigenvalue weighted by atomic mass is 10.0. The van der Waals surface area contributed by atoms with Gasteiger partial charge in [0.15, 0.2) is 0 Å². The Morgan fingerprint density at radius 1 is 1.37 bits per heavy atom. The molecule has 4 nitrogen and oxygen atoms in total. The predicted molar refractivity (Wildman–Crippen MR) is 78.2 cm³/mol. The Hall–Kier alpha value is -1.42. The summed E-state index contributed by atoms with van der Waals surface area (Å²) in [6.45, 7) is 7.47. The van der Waals surface area contributed by atoms with E-state index in [4.69, 9.17) is 0 Å². The Balaban J connectivity index is 2.79. The van der Waals surface area contributed by atoms with Gasteiger partial charge in [0.05, 0.1) is 4.92 Å². The zero-order chi connectivity index (χ0) is 14.3. The number of hydrogen-bond donors (Lipinski definition) is 1. The van der Waals surface area contributed by atoms with E-state index in [0.29, 0.717) is 5.92 Å². The molecule has 0 radical (unpaired) electrons. The second kappa shape index (κ2) is 7.89. The first-order valence-electron chi connectivity index (χ1n) is 7.06. The van der Waals surface area contributed by atoms with Gasteiger partial charge in [0, 0.05) is 18.2 Å². The summed E-state index contributed by atoms with van der Waals surface area (Å²) in [6, 6.07) is 7.17. The van der Waals surface area contributed by atoms with Gasteiger partial charge in [-0.1, -0.05) is 45.7 Å². The monoisotopic (exact) mass is 264 g/mol. The molecule has 0 saturated heterocycles. The van der Waals surface area contributed by atoms with Crippen LogP contribution in [0.4, 0.5) is 5.69 Å². The van der Waals surface area contributed by atoms with Gasteiger partial charge >= 0.3 is 0 Å². The van der Waals surface area contributed by atoms with Crippen LogP contribution < -0.4 is 5.32 Å². The highest BCUT2D eigenvalue weighted by Gasteiger charge is 2.14. The quantitative estimate of drug-likeness (QED) is 0.568. The Morgan fingerprint density at radius 3 is 2.68 bits per heavy atom. The van der Waals surface area contributed by atoms with Crippen LogP contribution >= 0.6 is 0 Å². The van der Waals surface area contributed by atoms with Crippen LogP contribution in [0.25, 0.3) is 0 Å². The number of rotatable bonds is 8. The van der Waals surface area contributed by atoms with Gasteiger partial charge in [-0.3, -0.25) is 10.1 Å². The van der Waals surface area contributed by atoms with Crippen LogP contribution in [0, 0.1) is 16.0 Å². The van der Waals surface area contributed by atoms with Gasteiger partial charge in [0.25, 0.3) is 5.69 Å². The highest BCUT2D eigenvalue weighted by Crippen LogP contribution is 2.23. The molecular formula is C15H24N2O2. The third-order valence-corrected chi connectivity index (χ3v) is 3.47. The first-order valence-corrected chi connectivity index (χ1v) is 7.06. The second-order valence-electron chi connectivity index (χ2n) is 5.12. The molecule has 4 heteroatoms. The van der Waals surface area contributed by atoms with Crippen molar-refractivity contribution in [3.05, 3.63) is 39.9 Å². The Morgan fingerprint density at radius 2 is 2.11 bits per heavy atom. The summed E-state index contributed by atoms with van der Waals surface area (Å²) in [7, 11) is 0. The fourth-order valence-corrected chi connectivity index (χ4v) is 2.02. The first-order chi connectivity index (χ1) is 9.08. The fourth-order valence-electron chi connectivity index (χ4n) is 2.02. The summed E-state index contributed by atoms with van der Waals surface area (Å²) in [5.74, 6) is 0.623. The van der Waals surface area contributed by atoms with E-state index in [1.54, 1.807) is 18.2 Å². The average Bonchev–Trinajstić information content (AvgIpc) is 2.43. The zero-order valence-electron chi connectivity index (χ0n) is 12.1. The SMILES string of the molecule is CCCC(NCC(C)CC)c1cccc([N+](=O)[O-])c1. The van der Waals surface area contributed by atoms with Crippen LogP contribution in [0.1, 0.15) is 51.6 Å². The van der Waals surface area contributed by atoms with Gasteiger partial charge in [-0.05, 0) is 24.4 Å². The van der Waals surface area contributed by atoms with Crippen molar-refractivity contribution in [1.82, 2.24) is 5.32 Å². The van der Waals surface area contributed by atoms with E-state index in [2.05, 4.69) is 26.1 Å². The largest absolute Gasteiger partial charge is 0.310 e. The third kappa shape index (κ3) is 4.99. The third-order valence-electron chi connectivity index (χ3n) is 3.47. The highest BCUT2D eigenvalue weighted by atomic mass is 16.6. The summed E-state index contributed by atoms with van der Waals surface area (Å²) in [4.78, 5) is 10.5. The Labute approximate surface area is 115 Å². The molecular weight excluding hydrogens is 240 g/mol. The predicted octanol–water partition coefficient (Wildman–Crippen LogP) is 4.07. The molecule has 0 heterocycles. The number of nitrogens with zero attached hydrogens (tertiary/aromatic N) is 1. The van der Waals surface area contributed by atoms with Crippen LogP contribution in [0.15, 0.2) is 24.3 Å². The molecule has 106 valence electrons. The molecule has 1 rings (SSSR count). The summed E-state index contributed by atoms with van der Waals surface area (Å²) in [5, 5.41) is 14.4. The van der Waals surface area contributed by atoms with Crippen LogP contribution in [-0.2, 0) is 0 Å². The summed E-state index contributed by atoms with van der Waals surface area (Å²) < 4.78 is 0. The Bertz CT molecular complexity index is 407. The molecule has 19 heavy (non-hydrogen) atoms. The van der Waals surface area contributed by atoms with Gasteiger partial charge in [0.1, 0.15) is 0 Å². The van der Waals surface area contributed by atoms with Gasteiger partial charge in [-0.2, -0.15) is 0 Å². The standard InChI is InChI=1S/C15H24N2O2/c1-4-7-15(16-11-12(3)5-2)13-8-6-9-14(10-13)17(18)19/h6,8-10,12,15-16H,4-5,7,11H2,1-3H3. The van der Waals surface area contributed by atoms with Gasteiger partial charge in [-0.15, -0.1) is 0 Å². The topological polar surface area (TPSA) is 55.2 Å².